The van der Waals surface area contributed by atoms with Crippen molar-refractivity contribution in [3.05, 3.63) is 102 Å². The minimum Gasteiger partial charge on any atom is -0.455 e. The number of nitrogens with zero attached hydrogens (tertiary/aromatic N) is 3. The van der Waals surface area contributed by atoms with Crippen molar-refractivity contribution in [1.82, 2.24) is 20.6 Å². The number of carbonyl (C=O) groups is 2. The second-order valence-corrected chi connectivity index (χ2v) is 14.0. The number of amides is 1. The zero-order valence-corrected chi connectivity index (χ0v) is 30.4. The lowest BCUT2D eigenvalue weighted by atomic mass is 9.73. The highest BCUT2D eigenvalue weighted by atomic mass is 32.2. The number of sulfonamides is 1. The number of carbonyl (C=O) groups excluding carboxylic acids is 2. The van der Waals surface area contributed by atoms with E-state index in [1.165, 1.54) is 42.7 Å². The molecule has 0 radical (unpaired) electrons. The number of nitrogens with one attached hydrogen (secondary N) is 2. The Labute approximate surface area is 304 Å². The summed E-state index contributed by atoms with van der Waals surface area (Å²) in [6.45, 7) is 0.751. The molecule has 1 fully saturated rings. The van der Waals surface area contributed by atoms with Crippen molar-refractivity contribution in [3.63, 3.8) is 0 Å². The predicted molar refractivity (Wildman–Crippen MR) is 193 cm³/mol. The summed E-state index contributed by atoms with van der Waals surface area (Å²) in [7, 11) is 0.00392. The van der Waals surface area contributed by atoms with Crippen LogP contribution in [0, 0.1) is 18.6 Å². The first-order valence-corrected chi connectivity index (χ1v) is 18.1. The fraction of sp³-hybridized carbons (Fsp3) is 0.297. The SMILES string of the molecule is CCN(c1cc2oc(-c3ccc(F)cc3)c(C=O)c2c(F)c1-c1cccc(C)c1)S(C)(=O)=O.CNC.O=CNC1(c2ncccn2)CC(OC(F)F)C1. The van der Waals surface area contributed by atoms with E-state index in [1.807, 2.05) is 27.1 Å². The van der Waals surface area contributed by atoms with Gasteiger partial charge in [0.2, 0.25) is 16.4 Å². The molecule has 0 atom stereocenters. The monoisotopic (exact) mass is 757 g/mol. The van der Waals surface area contributed by atoms with Crippen LogP contribution in [-0.4, -0.2) is 70.7 Å². The number of ether oxygens (including phenoxy) is 1. The topological polar surface area (TPSA) is 144 Å². The van der Waals surface area contributed by atoms with Crippen LogP contribution >= 0.6 is 0 Å². The number of alkyl halides is 2. The molecule has 0 spiro atoms. The Morgan fingerprint density at radius 3 is 2.19 bits per heavy atom. The Hall–Kier alpha value is -5.19. The molecule has 16 heteroatoms. The molecular weight excluding hydrogens is 718 g/mol. The van der Waals surface area contributed by atoms with E-state index in [4.69, 9.17) is 4.42 Å². The third-order valence-corrected chi connectivity index (χ3v) is 9.45. The lowest BCUT2D eigenvalue weighted by molar-refractivity contribution is -0.199. The van der Waals surface area contributed by atoms with Crippen LogP contribution < -0.4 is 14.9 Å². The van der Waals surface area contributed by atoms with Crippen molar-refractivity contribution in [2.45, 2.75) is 44.9 Å². The number of aryl methyl sites for hydroxylation is 1. The van der Waals surface area contributed by atoms with Gasteiger partial charge in [-0.2, -0.15) is 8.78 Å². The molecule has 0 bridgehead atoms. The summed E-state index contributed by atoms with van der Waals surface area (Å²) in [6.07, 6.45) is 5.06. The number of benzene rings is 3. The molecule has 11 nitrogen and oxygen atoms in total. The smallest absolute Gasteiger partial charge is 0.345 e. The highest BCUT2D eigenvalue weighted by molar-refractivity contribution is 7.92. The number of halogens is 4. The maximum Gasteiger partial charge on any atom is 0.345 e. The summed E-state index contributed by atoms with van der Waals surface area (Å²) < 4.78 is 89.9. The average molecular weight is 758 g/mol. The van der Waals surface area contributed by atoms with E-state index in [1.54, 1.807) is 31.2 Å². The first-order valence-electron chi connectivity index (χ1n) is 16.3. The van der Waals surface area contributed by atoms with Crippen LogP contribution in [0.3, 0.4) is 0 Å². The van der Waals surface area contributed by atoms with E-state index >= 15 is 4.39 Å². The fourth-order valence-corrected chi connectivity index (χ4v) is 6.96. The number of aldehydes is 1. The normalized spacial score (nSPS) is 16.5. The Bertz CT molecular complexity index is 2130. The number of furan rings is 1. The van der Waals surface area contributed by atoms with Gasteiger partial charge in [0, 0.05) is 49.0 Å². The molecule has 1 aliphatic carbocycles. The van der Waals surface area contributed by atoms with Gasteiger partial charge in [-0.3, -0.25) is 13.9 Å². The molecule has 2 aromatic heterocycles. The second kappa shape index (κ2) is 17.6. The van der Waals surface area contributed by atoms with Gasteiger partial charge in [-0.05, 0) is 63.8 Å². The van der Waals surface area contributed by atoms with Gasteiger partial charge in [0.15, 0.2) is 12.1 Å². The molecular formula is C37H39F4N5O6S. The fourth-order valence-electron chi connectivity index (χ4n) is 5.99. The number of hydrogen-bond acceptors (Lipinski definition) is 9. The van der Waals surface area contributed by atoms with E-state index in [0.29, 0.717) is 29.6 Å². The quantitative estimate of drug-likeness (QED) is 0.112. The minimum atomic E-state index is -3.75. The van der Waals surface area contributed by atoms with Crippen LogP contribution in [0.4, 0.5) is 23.2 Å². The number of rotatable bonds is 11. The molecule has 0 aliphatic heterocycles. The third kappa shape index (κ3) is 9.25. The van der Waals surface area contributed by atoms with Gasteiger partial charge >= 0.3 is 6.61 Å². The summed E-state index contributed by atoms with van der Waals surface area (Å²) in [6, 6.07) is 15.3. The van der Waals surface area contributed by atoms with Gasteiger partial charge in [-0.25, -0.2) is 27.2 Å². The molecule has 5 aromatic rings. The van der Waals surface area contributed by atoms with Crippen LogP contribution in [-0.2, 0) is 25.1 Å². The van der Waals surface area contributed by atoms with Crippen LogP contribution in [0.2, 0.25) is 0 Å². The number of fused-ring (bicyclic) bond motifs is 1. The van der Waals surface area contributed by atoms with Gasteiger partial charge < -0.3 is 19.8 Å². The van der Waals surface area contributed by atoms with Gasteiger partial charge in [0.25, 0.3) is 0 Å². The van der Waals surface area contributed by atoms with Crippen LogP contribution in [0.5, 0.6) is 0 Å². The molecule has 0 unspecified atom stereocenters. The molecule has 2 heterocycles. The molecule has 282 valence electrons. The first kappa shape index (κ1) is 40.6. The largest absolute Gasteiger partial charge is 0.455 e. The standard InChI is InChI=1S/C25H21F2NO4S.C10H11F2N3O2.C2H7N/c1-4-28(33(3,30)31)20-13-21-23(24(27)22(20)17-7-5-6-15(2)12-17)19(14-29)25(32-21)16-8-10-18(26)11-9-16;11-9(12)17-7-4-10(5-7,15-6-16)8-13-2-1-3-14-8;1-3-2/h5-14H,4H2,1-3H3;1-3,6-7,9H,4-5H2,(H,15,16);3H,1-2H3. The lowest BCUT2D eigenvalue weighted by Gasteiger charge is -2.45. The van der Waals surface area contributed by atoms with Crippen molar-refractivity contribution in [2.24, 2.45) is 0 Å². The maximum absolute atomic E-state index is 16.2. The second-order valence-electron chi connectivity index (χ2n) is 12.1. The summed E-state index contributed by atoms with van der Waals surface area (Å²) in [5.74, 6) is -0.742. The molecule has 1 aliphatic rings. The summed E-state index contributed by atoms with van der Waals surface area (Å²) in [5.41, 5.74) is 1.08. The highest BCUT2D eigenvalue weighted by Crippen LogP contribution is 2.44. The highest BCUT2D eigenvalue weighted by Gasteiger charge is 2.49. The summed E-state index contributed by atoms with van der Waals surface area (Å²) in [5, 5.41) is 5.27. The molecule has 2 N–H and O–H groups in total. The first-order chi connectivity index (χ1) is 25.2. The van der Waals surface area contributed by atoms with Gasteiger partial charge in [0.05, 0.1) is 29.0 Å². The molecule has 1 amide bonds. The van der Waals surface area contributed by atoms with Crippen LogP contribution in [0.1, 0.15) is 41.5 Å². The zero-order chi connectivity index (χ0) is 38.9. The number of hydrogen-bond donors (Lipinski definition) is 2. The third-order valence-electron chi connectivity index (χ3n) is 8.20. The number of anilines is 1. The van der Waals surface area contributed by atoms with E-state index in [0.717, 1.165) is 16.1 Å². The Morgan fingerprint density at radius 2 is 1.66 bits per heavy atom. The van der Waals surface area contributed by atoms with Gasteiger partial charge in [0.1, 0.15) is 28.5 Å². The molecule has 6 rings (SSSR count). The maximum atomic E-state index is 16.2. The van der Waals surface area contributed by atoms with Crippen molar-refractivity contribution in [2.75, 3.05) is 31.2 Å². The van der Waals surface area contributed by atoms with E-state index in [2.05, 4.69) is 25.3 Å². The van der Waals surface area contributed by atoms with E-state index in [-0.39, 0.29) is 52.9 Å². The lowest BCUT2D eigenvalue weighted by Crippen LogP contribution is -2.56. The average Bonchev–Trinajstić information content (AvgIpc) is 3.47. The minimum absolute atomic E-state index is 0.0161. The van der Waals surface area contributed by atoms with E-state index in [9.17, 15) is 31.2 Å². The van der Waals surface area contributed by atoms with Crippen molar-refractivity contribution < 1.29 is 44.7 Å². The van der Waals surface area contributed by atoms with Gasteiger partial charge in [-0.1, -0.05) is 29.8 Å². The van der Waals surface area contributed by atoms with Crippen molar-refractivity contribution in [1.29, 1.82) is 0 Å². The van der Waals surface area contributed by atoms with Crippen molar-refractivity contribution in [3.8, 4) is 22.5 Å². The Balaban J connectivity index is 0.000000262. The summed E-state index contributed by atoms with van der Waals surface area (Å²) in [4.78, 5) is 30.6. The zero-order valence-electron chi connectivity index (χ0n) is 29.6. The van der Waals surface area contributed by atoms with E-state index < -0.39 is 39.9 Å². The molecule has 1 saturated carbocycles. The van der Waals surface area contributed by atoms with Crippen LogP contribution in [0.25, 0.3) is 33.4 Å². The predicted octanol–water partition coefficient (Wildman–Crippen LogP) is 6.61. The van der Waals surface area contributed by atoms with Gasteiger partial charge in [-0.15, -0.1) is 0 Å². The molecule has 3 aromatic carbocycles. The Morgan fingerprint density at radius 1 is 1.02 bits per heavy atom. The molecule has 53 heavy (non-hydrogen) atoms. The summed E-state index contributed by atoms with van der Waals surface area (Å²) >= 11 is 0. The number of aromatic nitrogens is 2. The Kier molecular flexibility index (Phi) is 13.4. The van der Waals surface area contributed by atoms with Crippen LogP contribution in [0.15, 0.2) is 77.5 Å². The molecule has 0 saturated heterocycles. The van der Waals surface area contributed by atoms with Crippen molar-refractivity contribution >= 4 is 39.4 Å².